The van der Waals surface area contributed by atoms with Gasteiger partial charge in [-0.3, -0.25) is 5.32 Å². The van der Waals surface area contributed by atoms with Gasteiger partial charge in [-0.15, -0.1) is 0 Å². The molecule has 7 rings (SSSR count). The molecule has 0 radical (unpaired) electrons. The van der Waals surface area contributed by atoms with Gasteiger partial charge in [0.1, 0.15) is 28.9 Å². The maximum atomic E-state index is 13.5. The Hall–Kier alpha value is -5.95. The second-order valence-electron chi connectivity index (χ2n) is 13.9. The number of carbonyl (C=O) groups is 1. The fourth-order valence-electron chi connectivity index (χ4n) is 5.90. The van der Waals surface area contributed by atoms with E-state index in [9.17, 15) is 13.2 Å². The summed E-state index contributed by atoms with van der Waals surface area (Å²) >= 11 is 0. The number of urea groups is 1. The highest BCUT2D eigenvalue weighted by molar-refractivity contribution is 7.92. The highest BCUT2D eigenvalue weighted by atomic mass is 32.2. The summed E-state index contributed by atoms with van der Waals surface area (Å²) in [5.74, 6) is 2.98. The van der Waals surface area contributed by atoms with Gasteiger partial charge in [0, 0.05) is 40.9 Å². The number of methoxy groups -OCH3 is 2. The predicted octanol–water partition coefficient (Wildman–Crippen LogP) is 8.09. The predicted molar refractivity (Wildman–Crippen MR) is 204 cm³/mol. The summed E-state index contributed by atoms with van der Waals surface area (Å²) in [7, 11) is -0.291. The molecule has 0 atom stereocenters. The highest BCUT2D eigenvalue weighted by Crippen LogP contribution is 2.37. The zero-order valence-electron chi connectivity index (χ0n) is 30.1. The summed E-state index contributed by atoms with van der Waals surface area (Å²) in [5.41, 5.74) is 2.62. The van der Waals surface area contributed by atoms with Crippen LogP contribution in [0.5, 0.6) is 23.1 Å². The van der Waals surface area contributed by atoms with E-state index in [1.807, 2.05) is 54.6 Å². The highest BCUT2D eigenvalue weighted by Gasteiger charge is 2.37. The molecule has 1 saturated carbocycles. The number of nitrogens with one attached hydrogen (secondary N) is 2. The Kier molecular flexibility index (Phi) is 9.52. The maximum Gasteiger partial charge on any atom is 0.324 e. The largest absolute Gasteiger partial charge is 0.497 e. The standard InChI is InChI=1S/C40H40N6O6S/c1-40(2,3)35-24-37(46(45-35)26-10-12-27(50-4)13-11-26)44-39(47)42-33-16-17-34(32-9-7-6-8-31(32)33)52-38-18-19-41-36(43-38)22-25-20-28(51-5)23-30(21-25)53(48,49)29-14-15-29/h6-13,16-21,23-24,29H,14-15,22H2,1-5H3,(H2,42,44,47). The van der Waals surface area contributed by atoms with Gasteiger partial charge in [-0.25, -0.2) is 22.9 Å². The lowest BCUT2D eigenvalue weighted by Crippen LogP contribution is -2.21. The van der Waals surface area contributed by atoms with E-state index in [-0.39, 0.29) is 22.0 Å². The third-order valence-corrected chi connectivity index (χ3v) is 11.1. The van der Waals surface area contributed by atoms with Crippen LogP contribution >= 0.6 is 0 Å². The molecule has 2 aromatic heterocycles. The van der Waals surface area contributed by atoms with Crippen LogP contribution in [0.3, 0.4) is 0 Å². The molecule has 1 fully saturated rings. The van der Waals surface area contributed by atoms with Gasteiger partial charge in [-0.05, 0) is 73.0 Å². The monoisotopic (exact) mass is 732 g/mol. The molecule has 1 aliphatic rings. The molecule has 0 unspecified atom stereocenters. The van der Waals surface area contributed by atoms with Gasteiger partial charge in [-0.1, -0.05) is 45.0 Å². The molecule has 12 nitrogen and oxygen atoms in total. The summed E-state index contributed by atoms with van der Waals surface area (Å²) < 4.78 is 44.7. The van der Waals surface area contributed by atoms with E-state index in [1.54, 1.807) is 54.4 Å². The van der Waals surface area contributed by atoms with Crippen LogP contribution in [0.2, 0.25) is 0 Å². The Bertz CT molecular complexity index is 2420. The lowest BCUT2D eigenvalue weighted by atomic mass is 9.92. The van der Waals surface area contributed by atoms with Crippen LogP contribution in [0.4, 0.5) is 16.3 Å². The number of rotatable bonds is 11. The molecule has 272 valence electrons. The topological polar surface area (TPSA) is 147 Å². The smallest absolute Gasteiger partial charge is 0.324 e. The van der Waals surface area contributed by atoms with E-state index in [1.165, 1.54) is 7.11 Å². The van der Waals surface area contributed by atoms with E-state index in [0.29, 0.717) is 58.9 Å². The number of benzene rings is 4. The molecule has 2 N–H and O–H groups in total. The molecule has 4 aromatic carbocycles. The summed E-state index contributed by atoms with van der Waals surface area (Å²) in [5, 5.41) is 12.0. The van der Waals surface area contributed by atoms with Crippen molar-refractivity contribution in [1.29, 1.82) is 0 Å². The number of nitrogens with zero attached hydrogens (tertiary/aromatic N) is 4. The SMILES string of the molecule is COc1ccc(-n2nc(C(C)(C)C)cc2NC(=O)Nc2ccc(Oc3ccnc(Cc4cc(OC)cc(S(=O)(=O)C5CC5)c4)n3)c3ccccc23)cc1. The number of amides is 2. The maximum absolute atomic E-state index is 13.5. The minimum atomic E-state index is -3.41. The number of aromatic nitrogens is 4. The van der Waals surface area contributed by atoms with E-state index >= 15 is 0 Å². The van der Waals surface area contributed by atoms with Gasteiger partial charge in [0.25, 0.3) is 0 Å². The van der Waals surface area contributed by atoms with Crippen molar-refractivity contribution in [3.05, 3.63) is 114 Å². The molecule has 0 spiro atoms. The van der Waals surface area contributed by atoms with Crippen molar-refractivity contribution in [1.82, 2.24) is 19.7 Å². The Labute approximate surface area is 308 Å². The summed E-state index contributed by atoms with van der Waals surface area (Å²) in [6, 6.07) is 26.7. The molecular weight excluding hydrogens is 693 g/mol. The second kappa shape index (κ2) is 14.2. The molecule has 6 aromatic rings. The average molecular weight is 733 g/mol. The van der Waals surface area contributed by atoms with Crippen LogP contribution in [0.15, 0.2) is 102 Å². The lowest BCUT2D eigenvalue weighted by Gasteiger charge is -2.14. The average Bonchev–Trinajstić information content (AvgIpc) is 3.93. The van der Waals surface area contributed by atoms with Gasteiger partial charge in [0.05, 0.1) is 41.4 Å². The van der Waals surface area contributed by atoms with E-state index in [4.69, 9.17) is 19.3 Å². The Balaban J connectivity index is 1.11. The molecular formula is C40H40N6O6S. The summed E-state index contributed by atoms with van der Waals surface area (Å²) in [6.07, 6.45) is 3.22. The zero-order chi connectivity index (χ0) is 37.3. The van der Waals surface area contributed by atoms with E-state index < -0.39 is 15.9 Å². The zero-order valence-corrected chi connectivity index (χ0v) is 30.9. The normalized spacial score (nSPS) is 13.1. The molecule has 13 heteroatoms. The minimum absolute atomic E-state index is 0.244. The van der Waals surface area contributed by atoms with Gasteiger partial charge in [0.2, 0.25) is 5.88 Å². The molecule has 2 heterocycles. The van der Waals surface area contributed by atoms with Crippen molar-refractivity contribution in [3.63, 3.8) is 0 Å². The molecule has 53 heavy (non-hydrogen) atoms. The fraction of sp³-hybridized carbons (Fsp3) is 0.250. The third kappa shape index (κ3) is 7.80. The Morgan fingerprint density at radius 2 is 1.60 bits per heavy atom. The molecule has 1 aliphatic carbocycles. The lowest BCUT2D eigenvalue weighted by molar-refractivity contribution is 0.262. The fourth-order valence-corrected chi connectivity index (χ4v) is 7.64. The molecule has 0 saturated heterocycles. The van der Waals surface area contributed by atoms with Gasteiger partial charge in [-0.2, -0.15) is 10.1 Å². The van der Waals surface area contributed by atoms with Crippen molar-refractivity contribution in [2.24, 2.45) is 0 Å². The van der Waals surface area contributed by atoms with E-state index in [2.05, 4.69) is 41.4 Å². The van der Waals surface area contributed by atoms with Gasteiger partial charge >= 0.3 is 6.03 Å². The van der Waals surface area contributed by atoms with Crippen molar-refractivity contribution in [3.8, 4) is 28.8 Å². The Morgan fingerprint density at radius 3 is 2.30 bits per heavy atom. The first-order valence-corrected chi connectivity index (χ1v) is 18.7. The minimum Gasteiger partial charge on any atom is -0.497 e. The third-order valence-electron chi connectivity index (χ3n) is 8.89. The number of hydrogen-bond donors (Lipinski definition) is 2. The van der Waals surface area contributed by atoms with Crippen LogP contribution in [-0.2, 0) is 21.7 Å². The quantitative estimate of drug-likeness (QED) is 0.135. The summed E-state index contributed by atoms with van der Waals surface area (Å²) in [6.45, 7) is 6.20. The first-order chi connectivity index (χ1) is 25.4. The first-order valence-electron chi connectivity index (χ1n) is 17.2. The number of anilines is 2. The van der Waals surface area contributed by atoms with Gasteiger partial charge < -0.3 is 19.5 Å². The number of hydrogen-bond acceptors (Lipinski definition) is 9. The van der Waals surface area contributed by atoms with Crippen LogP contribution in [0.25, 0.3) is 16.5 Å². The van der Waals surface area contributed by atoms with Crippen molar-refractivity contribution >= 4 is 38.1 Å². The number of ether oxygens (including phenoxy) is 3. The van der Waals surface area contributed by atoms with E-state index in [0.717, 1.165) is 22.2 Å². The van der Waals surface area contributed by atoms with Crippen LogP contribution in [-0.4, -0.2) is 53.7 Å². The first kappa shape index (κ1) is 35.5. The number of sulfone groups is 1. The van der Waals surface area contributed by atoms with Crippen LogP contribution < -0.4 is 24.8 Å². The summed E-state index contributed by atoms with van der Waals surface area (Å²) in [4.78, 5) is 22.8. The van der Waals surface area contributed by atoms with Crippen LogP contribution in [0.1, 0.15) is 50.7 Å². The van der Waals surface area contributed by atoms with Crippen LogP contribution in [0, 0.1) is 0 Å². The number of fused-ring (bicyclic) bond motifs is 1. The molecule has 0 bridgehead atoms. The molecule has 2 amide bonds. The second-order valence-corrected chi connectivity index (χ2v) is 16.1. The number of carbonyl (C=O) groups excluding carboxylic acids is 1. The molecule has 0 aliphatic heterocycles. The van der Waals surface area contributed by atoms with Crippen molar-refractivity contribution in [2.75, 3.05) is 24.9 Å². The Morgan fingerprint density at radius 1 is 0.868 bits per heavy atom. The van der Waals surface area contributed by atoms with Crippen molar-refractivity contribution in [2.45, 2.75) is 55.6 Å². The van der Waals surface area contributed by atoms with Crippen molar-refractivity contribution < 1.29 is 27.4 Å². The van der Waals surface area contributed by atoms with Gasteiger partial charge in [0.15, 0.2) is 9.84 Å².